The smallest absolute Gasteiger partial charge is 0.392 e. The molecule has 0 saturated carbocycles. The van der Waals surface area contributed by atoms with E-state index in [2.05, 4.69) is 0 Å². The Bertz CT molecular complexity index is 614. The Morgan fingerprint density at radius 1 is 1.10 bits per heavy atom. The van der Waals surface area contributed by atoms with Crippen molar-refractivity contribution in [3.63, 3.8) is 0 Å². The summed E-state index contributed by atoms with van der Waals surface area (Å²) in [5.41, 5.74) is -0.188. The lowest BCUT2D eigenvalue weighted by Gasteiger charge is -2.11. The maximum Gasteiger partial charge on any atom is 0.417 e. The Kier molecular flexibility index (Phi) is 4.62. The summed E-state index contributed by atoms with van der Waals surface area (Å²) in [6.07, 6.45) is -4.48. The van der Waals surface area contributed by atoms with Crippen LogP contribution in [0.25, 0.3) is 0 Å². The molecule has 106 valence electrons. The zero-order valence-corrected chi connectivity index (χ0v) is 11.7. The van der Waals surface area contributed by atoms with Crippen molar-refractivity contribution in [3.05, 3.63) is 58.6 Å². The lowest BCUT2D eigenvalue weighted by Crippen LogP contribution is -2.05. The van der Waals surface area contributed by atoms with Gasteiger partial charge in [0.15, 0.2) is 0 Å². The van der Waals surface area contributed by atoms with E-state index in [0.717, 1.165) is 17.8 Å². The molecule has 0 atom stereocenters. The van der Waals surface area contributed by atoms with E-state index < -0.39 is 11.7 Å². The fraction of sp³-hybridized carbons (Fsp3) is 0.143. The second-order valence-corrected chi connectivity index (χ2v) is 5.53. The highest BCUT2D eigenvalue weighted by molar-refractivity contribution is 7.99. The van der Waals surface area contributed by atoms with Gasteiger partial charge in [-0.05, 0) is 29.8 Å². The summed E-state index contributed by atoms with van der Waals surface area (Å²) in [6.45, 7) is -0.164. The van der Waals surface area contributed by atoms with Gasteiger partial charge in [-0.2, -0.15) is 13.2 Å². The second kappa shape index (κ2) is 6.08. The van der Waals surface area contributed by atoms with Crippen molar-refractivity contribution in [3.8, 4) is 0 Å². The summed E-state index contributed by atoms with van der Waals surface area (Å²) in [5.74, 6) is 0. The van der Waals surface area contributed by atoms with E-state index in [4.69, 9.17) is 11.6 Å². The monoisotopic (exact) mass is 318 g/mol. The summed E-state index contributed by atoms with van der Waals surface area (Å²) >= 11 is 6.73. The Hall–Kier alpha value is -1.17. The number of alkyl halides is 3. The zero-order chi connectivity index (χ0) is 14.8. The third kappa shape index (κ3) is 3.48. The lowest BCUT2D eigenvalue weighted by molar-refractivity contribution is -0.137. The number of hydrogen-bond acceptors (Lipinski definition) is 2. The number of benzene rings is 2. The van der Waals surface area contributed by atoms with Crippen molar-refractivity contribution in [2.45, 2.75) is 22.6 Å². The Labute approximate surface area is 123 Å². The first kappa shape index (κ1) is 15.2. The highest BCUT2D eigenvalue weighted by atomic mass is 35.5. The molecule has 0 fully saturated rings. The Morgan fingerprint density at radius 2 is 1.80 bits per heavy atom. The fourth-order valence-corrected chi connectivity index (χ4v) is 2.85. The molecule has 2 rings (SSSR count). The van der Waals surface area contributed by atoms with Gasteiger partial charge in [0.2, 0.25) is 0 Å². The molecule has 2 aromatic rings. The third-order valence-electron chi connectivity index (χ3n) is 2.61. The van der Waals surface area contributed by atoms with Gasteiger partial charge in [0.1, 0.15) is 0 Å². The molecule has 0 bridgehead atoms. The maximum absolute atomic E-state index is 12.8. The summed E-state index contributed by atoms with van der Waals surface area (Å²) in [7, 11) is 0. The van der Waals surface area contributed by atoms with Crippen LogP contribution >= 0.6 is 23.4 Å². The first-order chi connectivity index (χ1) is 9.41. The minimum atomic E-state index is -4.48. The van der Waals surface area contributed by atoms with E-state index in [-0.39, 0.29) is 11.6 Å². The summed E-state index contributed by atoms with van der Waals surface area (Å²) in [4.78, 5) is 1.13. The minimum Gasteiger partial charge on any atom is -0.392 e. The van der Waals surface area contributed by atoms with Crippen molar-refractivity contribution in [2.24, 2.45) is 0 Å². The van der Waals surface area contributed by atoms with Crippen LogP contribution in [0.4, 0.5) is 13.2 Å². The molecule has 0 aliphatic heterocycles. The van der Waals surface area contributed by atoms with Crippen LogP contribution in [0.1, 0.15) is 11.1 Å². The van der Waals surface area contributed by atoms with Crippen molar-refractivity contribution in [2.75, 3.05) is 0 Å². The molecule has 20 heavy (non-hydrogen) atoms. The predicted octanol–water partition coefficient (Wildman–Crippen LogP) is 5.00. The van der Waals surface area contributed by atoms with Gasteiger partial charge in [-0.1, -0.05) is 41.6 Å². The van der Waals surface area contributed by atoms with Crippen LogP contribution in [-0.2, 0) is 12.8 Å². The molecule has 1 N–H and O–H groups in total. The highest BCUT2D eigenvalue weighted by Gasteiger charge is 2.33. The molecule has 0 aliphatic rings. The minimum absolute atomic E-state index is 0.164. The van der Waals surface area contributed by atoms with Crippen LogP contribution in [0.5, 0.6) is 0 Å². The summed E-state index contributed by atoms with van der Waals surface area (Å²) in [5, 5.41) is 8.89. The van der Waals surface area contributed by atoms with E-state index >= 15 is 0 Å². The fourth-order valence-electron chi connectivity index (χ4n) is 1.65. The van der Waals surface area contributed by atoms with Gasteiger partial charge in [-0.15, -0.1) is 0 Å². The molecule has 0 aliphatic carbocycles. The average Bonchev–Trinajstić information content (AvgIpc) is 2.40. The molecule has 0 aromatic heterocycles. The maximum atomic E-state index is 12.8. The molecule has 0 saturated heterocycles. The first-order valence-corrected chi connectivity index (χ1v) is 6.84. The van der Waals surface area contributed by atoms with Crippen LogP contribution in [0.15, 0.2) is 52.3 Å². The first-order valence-electron chi connectivity index (χ1n) is 5.65. The zero-order valence-electron chi connectivity index (χ0n) is 10.1. The van der Waals surface area contributed by atoms with Crippen LogP contribution in [0.3, 0.4) is 0 Å². The number of hydrogen-bond donors (Lipinski definition) is 1. The molecule has 0 unspecified atom stereocenters. The molecule has 2 aromatic carbocycles. The third-order valence-corrected chi connectivity index (χ3v) is 4.05. The Morgan fingerprint density at radius 3 is 2.45 bits per heavy atom. The number of aliphatic hydroxyl groups excluding tert-OH is 1. The van der Waals surface area contributed by atoms with Crippen molar-refractivity contribution >= 4 is 23.4 Å². The van der Waals surface area contributed by atoms with E-state index in [1.165, 1.54) is 12.1 Å². The average molecular weight is 319 g/mol. The van der Waals surface area contributed by atoms with Gasteiger partial charge in [0, 0.05) is 9.79 Å². The highest BCUT2D eigenvalue weighted by Crippen LogP contribution is 2.39. The van der Waals surface area contributed by atoms with Gasteiger partial charge in [-0.3, -0.25) is 0 Å². The number of aliphatic hydroxyl groups is 1. The SMILES string of the molecule is OCc1ccccc1Sc1ccc(Cl)c(C(F)(F)F)c1. The molecule has 0 heterocycles. The van der Waals surface area contributed by atoms with Crippen molar-refractivity contribution in [1.29, 1.82) is 0 Å². The largest absolute Gasteiger partial charge is 0.417 e. The van der Waals surface area contributed by atoms with Gasteiger partial charge in [0.05, 0.1) is 17.2 Å². The molecule has 0 amide bonds. The normalized spacial score (nSPS) is 11.7. The summed E-state index contributed by atoms with van der Waals surface area (Å²) in [6, 6.07) is 10.8. The summed E-state index contributed by atoms with van der Waals surface area (Å²) < 4.78 is 38.3. The van der Waals surface area contributed by atoms with Gasteiger partial charge < -0.3 is 5.11 Å². The van der Waals surface area contributed by atoms with Crippen LogP contribution in [0, 0.1) is 0 Å². The van der Waals surface area contributed by atoms with Crippen LogP contribution in [0.2, 0.25) is 5.02 Å². The van der Waals surface area contributed by atoms with Gasteiger partial charge in [0.25, 0.3) is 0 Å². The van der Waals surface area contributed by atoms with E-state index in [1.54, 1.807) is 24.3 Å². The number of halogens is 4. The lowest BCUT2D eigenvalue weighted by atomic mass is 10.2. The van der Waals surface area contributed by atoms with E-state index in [9.17, 15) is 18.3 Å². The molecular weight excluding hydrogens is 309 g/mol. The standard InChI is InChI=1S/C14H10ClF3OS/c15-12-6-5-10(7-11(12)14(16,17)18)20-13-4-2-1-3-9(13)8-19/h1-7,19H,8H2. The molecule has 0 radical (unpaired) electrons. The molecular formula is C14H10ClF3OS. The topological polar surface area (TPSA) is 20.2 Å². The molecule has 0 spiro atoms. The van der Waals surface area contributed by atoms with Crippen molar-refractivity contribution in [1.82, 2.24) is 0 Å². The quantitative estimate of drug-likeness (QED) is 0.859. The van der Waals surface area contributed by atoms with Crippen molar-refractivity contribution < 1.29 is 18.3 Å². The van der Waals surface area contributed by atoms with E-state index in [0.29, 0.717) is 15.4 Å². The Balaban J connectivity index is 2.35. The van der Waals surface area contributed by atoms with Gasteiger partial charge >= 0.3 is 6.18 Å². The number of rotatable bonds is 3. The van der Waals surface area contributed by atoms with Crippen LogP contribution in [-0.4, -0.2) is 5.11 Å². The predicted molar refractivity (Wildman–Crippen MR) is 72.9 cm³/mol. The van der Waals surface area contributed by atoms with E-state index in [1.807, 2.05) is 0 Å². The van der Waals surface area contributed by atoms with Gasteiger partial charge in [-0.25, -0.2) is 0 Å². The molecule has 1 nitrogen and oxygen atoms in total. The second-order valence-electron chi connectivity index (χ2n) is 4.01. The van der Waals surface area contributed by atoms with Crippen LogP contribution < -0.4 is 0 Å². The molecule has 6 heteroatoms.